The van der Waals surface area contributed by atoms with Gasteiger partial charge in [-0.25, -0.2) is 9.48 Å². The van der Waals surface area contributed by atoms with E-state index < -0.39 is 5.97 Å². The molecule has 4 rings (SSSR count). The van der Waals surface area contributed by atoms with Crippen LogP contribution in [0.4, 0.5) is 0 Å². The van der Waals surface area contributed by atoms with Crippen LogP contribution in [-0.4, -0.2) is 45.4 Å². The van der Waals surface area contributed by atoms with E-state index in [1.54, 1.807) is 11.6 Å². The number of carbonyl (C=O) groups is 2. The summed E-state index contributed by atoms with van der Waals surface area (Å²) >= 11 is 0. The number of hydrogen-bond acceptors (Lipinski definition) is 5. The van der Waals surface area contributed by atoms with Crippen molar-refractivity contribution >= 4 is 11.8 Å². The second kappa shape index (κ2) is 9.12. The van der Waals surface area contributed by atoms with Crippen LogP contribution in [0.25, 0.3) is 5.69 Å². The summed E-state index contributed by atoms with van der Waals surface area (Å²) in [5, 5.41) is 4.48. The van der Waals surface area contributed by atoms with Gasteiger partial charge in [0.2, 0.25) is 5.78 Å². The largest absolute Gasteiger partial charge is 0.454 e. The molecule has 0 spiro atoms. The molecule has 1 fully saturated rings. The van der Waals surface area contributed by atoms with Crippen LogP contribution in [0, 0.1) is 27.7 Å². The minimum atomic E-state index is -0.538. The van der Waals surface area contributed by atoms with E-state index in [0.29, 0.717) is 22.5 Å². The number of ether oxygens (including phenoxy) is 2. The first-order valence-corrected chi connectivity index (χ1v) is 11.0. The predicted molar refractivity (Wildman–Crippen MR) is 121 cm³/mol. The van der Waals surface area contributed by atoms with E-state index in [2.05, 4.69) is 9.67 Å². The third-order valence-corrected chi connectivity index (χ3v) is 6.11. The van der Waals surface area contributed by atoms with Crippen LogP contribution in [0.15, 0.2) is 36.4 Å². The Balaban J connectivity index is 1.46. The fraction of sp³-hybridized carbons (Fsp3) is 0.400. The Morgan fingerprint density at radius 2 is 1.88 bits per heavy atom. The summed E-state index contributed by atoms with van der Waals surface area (Å²) < 4.78 is 15.0. The van der Waals surface area contributed by atoms with Crippen molar-refractivity contribution in [3.8, 4) is 5.69 Å². The summed E-state index contributed by atoms with van der Waals surface area (Å²) in [7, 11) is 0. The molecule has 0 radical (unpaired) electrons. The smallest absolute Gasteiger partial charge is 0.342 e. The Hall–Kier alpha value is -3.19. The van der Waals surface area contributed by atoms with Crippen LogP contribution >= 0.6 is 0 Å². The summed E-state index contributed by atoms with van der Waals surface area (Å²) in [4.78, 5) is 25.7. The van der Waals surface area contributed by atoms with E-state index in [1.807, 2.05) is 57.2 Å². The van der Waals surface area contributed by atoms with Crippen LogP contribution in [0.1, 0.15) is 56.3 Å². The van der Waals surface area contributed by atoms with E-state index in [9.17, 15) is 9.59 Å². The zero-order chi connectivity index (χ0) is 22.8. The molecule has 0 N–H and O–H groups in total. The van der Waals surface area contributed by atoms with Crippen molar-refractivity contribution in [2.75, 3.05) is 13.2 Å². The van der Waals surface area contributed by atoms with Crippen LogP contribution < -0.4 is 0 Å². The monoisotopic (exact) mass is 435 g/mol. The lowest BCUT2D eigenvalue weighted by Gasteiger charge is -2.14. The van der Waals surface area contributed by atoms with E-state index in [-0.39, 0.29) is 18.5 Å². The maximum Gasteiger partial charge on any atom is 0.342 e. The van der Waals surface area contributed by atoms with Crippen molar-refractivity contribution in [1.82, 2.24) is 14.3 Å². The van der Waals surface area contributed by atoms with Gasteiger partial charge in [0, 0.05) is 30.1 Å². The van der Waals surface area contributed by atoms with Crippen molar-refractivity contribution in [3.63, 3.8) is 0 Å². The van der Waals surface area contributed by atoms with Crippen molar-refractivity contribution < 1.29 is 19.1 Å². The molecule has 1 aliphatic rings. The van der Waals surface area contributed by atoms with Gasteiger partial charge in [-0.15, -0.1) is 0 Å². The van der Waals surface area contributed by atoms with Gasteiger partial charge >= 0.3 is 5.97 Å². The molecule has 3 aromatic rings. The van der Waals surface area contributed by atoms with Crippen molar-refractivity contribution in [2.24, 2.45) is 0 Å². The highest BCUT2D eigenvalue weighted by molar-refractivity contribution is 6.00. The number of aromatic nitrogens is 3. The Bertz CT molecular complexity index is 1140. The quantitative estimate of drug-likeness (QED) is 0.412. The SMILES string of the molecule is Cc1nn(-c2ccccc2)c(C)c1C(=O)OCC(=O)c1cc(C)n(C[C@@H]2CCCO2)c1C. The fourth-order valence-corrected chi connectivity index (χ4v) is 4.40. The lowest BCUT2D eigenvalue weighted by molar-refractivity contribution is 0.0473. The summed E-state index contributed by atoms with van der Waals surface area (Å²) in [6.07, 6.45) is 2.30. The third kappa shape index (κ3) is 4.25. The number of benzene rings is 1. The van der Waals surface area contributed by atoms with Crippen LogP contribution in [-0.2, 0) is 16.0 Å². The lowest BCUT2D eigenvalue weighted by atomic mass is 10.1. The summed E-state index contributed by atoms with van der Waals surface area (Å²) in [5.41, 5.74) is 4.97. The lowest BCUT2D eigenvalue weighted by Crippen LogP contribution is -2.18. The summed E-state index contributed by atoms with van der Waals surface area (Å²) in [5.74, 6) is -0.750. The van der Waals surface area contributed by atoms with Gasteiger partial charge in [-0.2, -0.15) is 5.10 Å². The number of rotatable bonds is 7. The summed E-state index contributed by atoms with van der Waals surface area (Å²) in [6, 6.07) is 11.5. The van der Waals surface area contributed by atoms with Gasteiger partial charge in [0.15, 0.2) is 6.61 Å². The number of aryl methyl sites for hydroxylation is 2. The maximum absolute atomic E-state index is 12.9. The van der Waals surface area contributed by atoms with E-state index in [0.717, 1.165) is 43.1 Å². The fourth-order valence-electron chi connectivity index (χ4n) is 4.40. The van der Waals surface area contributed by atoms with Gasteiger partial charge in [0.05, 0.1) is 23.2 Å². The van der Waals surface area contributed by atoms with E-state index in [4.69, 9.17) is 9.47 Å². The molecule has 168 valence electrons. The molecule has 3 heterocycles. The van der Waals surface area contributed by atoms with Gasteiger partial charge in [-0.05, 0) is 58.7 Å². The highest BCUT2D eigenvalue weighted by atomic mass is 16.5. The Kier molecular flexibility index (Phi) is 6.28. The molecule has 0 amide bonds. The average Bonchev–Trinajstić information content (AvgIpc) is 3.47. The van der Waals surface area contributed by atoms with Gasteiger partial charge in [-0.1, -0.05) is 18.2 Å². The molecule has 7 nitrogen and oxygen atoms in total. The molecule has 32 heavy (non-hydrogen) atoms. The minimum absolute atomic E-state index is 0.188. The molecule has 2 aromatic heterocycles. The van der Waals surface area contributed by atoms with Crippen LogP contribution in [0.2, 0.25) is 0 Å². The first-order chi connectivity index (χ1) is 15.4. The predicted octanol–water partition coefficient (Wildman–Crippen LogP) is 4.13. The number of nitrogens with zero attached hydrogens (tertiary/aromatic N) is 3. The van der Waals surface area contributed by atoms with Crippen molar-refractivity contribution in [1.29, 1.82) is 0 Å². The molecule has 1 saturated heterocycles. The van der Waals surface area contributed by atoms with Gasteiger partial charge in [0.1, 0.15) is 5.56 Å². The highest BCUT2D eigenvalue weighted by Crippen LogP contribution is 2.22. The molecule has 0 aliphatic carbocycles. The number of esters is 1. The minimum Gasteiger partial charge on any atom is -0.454 e. The maximum atomic E-state index is 12.9. The van der Waals surface area contributed by atoms with Crippen molar-refractivity contribution in [2.45, 2.75) is 53.2 Å². The topological polar surface area (TPSA) is 75.4 Å². The van der Waals surface area contributed by atoms with Crippen LogP contribution in [0.5, 0.6) is 0 Å². The van der Waals surface area contributed by atoms with Gasteiger partial charge < -0.3 is 14.0 Å². The number of hydrogen-bond donors (Lipinski definition) is 0. The number of ketones is 1. The zero-order valence-corrected chi connectivity index (χ0v) is 19.1. The second-order valence-electron chi connectivity index (χ2n) is 8.32. The van der Waals surface area contributed by atoms with E-state index in [1.165, 1.54) is 0 Å². The molecule has 1 atom stereocenters. The van der Waals surface area contributed by atoms with Gasteiger partial charge in [-0.3, -0.25) is 4.79 Å². The molecule has 1 aliphatic heterocycles. The molecule has 7 heteroatoms. The van der Waals surface area contributed by atoms with Crippen molar-refractivity contribution in [3.05, 3.63) is 70.3 Å². The summed E-state index contributed by atoms with van der Waals surface area (Å²) in [6.45, 7) is 8.73. The molecule has 0 bridgehead atoms. The van der Waals surface area contributed by atoms with Crippen LogP contribution in [0.3, 0.4) is 0 Å². The molecular weight excluding hydrogens is 406 g/mol. The first-order valence-electron chi connectivity index (χ1n) is 11.0. The normalized spacial score (nSPS) is 15.8. The Morgan fingerprint density at radius 1 is 1.12 bits per heavy atom. The molecule has 0 unspecified atom stereocenters. The molecule has 0 saturated carbocycles. The molecular formula is C25H29N3O4. The Labute approximate surface area is 187 Å². The zero-order valence-electron chi connectivity index (χ0n) is 19.1. The highest BCUT2D eigenvalue weighted by Gasteiger charge is 2.24. The number of para-hydroxylation sites is 1. The average molecular weight is 436 g/mol. The second-order valence-corrected chi connectivity index (χ2v) is 8.32. The number of carbonyl (C=O) groups excluding carboxylic acids is 2. The van der Waals surface area contributed by atoms with E-state index >= 15 is 0 Å². The molecule has 1 aromatic carbocycles. The first kappa shape index (κ1) is 22.0. The third-order valence-electron chi connectivity index (χ3n) is 6.11. The standard InChI is InChI=1S/C25H29N3O4/c1-16-13-22(18(3)27(16)14-21-11-8-12-31-21)23(29)15-32-25(30)24-17(2)26-28(19(24)4)20-9-6-5-7-10-20/h5-7,9-10,13,21H,8,11-12,14-15H2,1-4H3/t21-/m0/s1. The Morgan fingerprint density at radius 3 is 2.56 bits per heavy atom. The van der Waals surface area contributed by atoms with Gasteiger partial charge in [0.25, 0.3) is 0 Å². The number of Topliss-reactive ketones (excluding diaryl/α,β-unsaturated/α-hetero) is 1.